The molecule has 0 radical (unpaired) electrons. The lowest BCUT2D eigenvalue weighted by molar-refractivity contribution is 0.990. The molecule has 5 rings (SSSR count). The van der Waals surface area contributed by atoms with Gasteiger partial charge in [0.25, 0.3) is 0 Å². The van der Waals surface area contributed by atoms with Crippen molar-refractivity contribution in [3.8, 4) is 11.1 Å². The van der Waals surface area contributed by atoms with Crippen molar-refractivity contribution in [1.82, 2.24) is 0 Å². The van der Waals surface area contributed by atoms with E-state index in [-0.39, 0.29) is 5.92 Å². The van der Waals surface area contributed by atoms with Crippen molar-refractivity contribution in [3.05, 3.63) is 138 Å². The number of hydrogen-bond donors (Lipinski definition) is 2. The summed E-state index contributed by atoms with van der Waals surface area (Å²) in [4.78, 5) is 0. The normalized spacial score (nSPS) is 11.9. The van der Waals surface area contributed by atoms with E-state index in [1.165, 1.54) is 38.6 Å². The average Bonchev–Trinajstić information content (AvgIpc) is 2.90. The van der Waals surface area contributed by atoms with Crippen LogP contribution >= 0.6 is 0 Å². The molecule has 0 spiro atoms. The van der Waals surface area contributed by atoms with Crippen LogP contribution in [0.2, 0.25) is 0 Å². The second kappa shape index (κ2) is 9.32. The summed E-state index contributed by atoms with van der Waals surface area (Å²) in [6.07, 6.45) is 0. The number of nitrogens with one attached hydrogen (secondary N) is 1. The highest BCUT2D eigenvalue weighted by atomic mass is 14.8. The van der Waals surface area contributed by atoms with E-state index in [1.54, 1.807) is 0 Å². The first-order valence-corrected chi connectivity index (χ1v) is 11.4. The molecule has 0 aliphatic carbocycles. The SMILES string of the molecule is CNc1ccccc1C(c1ccccc1)c1ccc(-c2ccccc2CN)c2ccccc12. The smallest absolute Gasteiger partial charge is 0.0379 e. The summed E-state index contributed by atoms with van der Waals surface area (Å²) in [7, 11) is 1.99. The fourth-order valence-corrected chi connectivity index (χ4v) is 4.92. The number of anilines is 1. The second-order valence-corrected chi connectivity index (χ2v) is 8.29. The minimum atomic E-state index is 0.110. The zero-order chi connectivity index (χ0) is 22.6. The van der Waals surface area contributed by atoms with E-state index in [2.05, 4.69) is 121 Å². The molecule has 0 aliphatic heterocycles. The molecule has 0 saturated heterocycles. The Labute approximate surface area is 195 Å². The molecular formula is C31H28N2. The van der Waals surface area contributed by atoms with Gasteiger partial charge in [0.05, 0.1) is 0 Å². The summed E-state index contributed by atoms with van der Waals surface area (Å²) in [6.45, 7) is 0.522. The number of hydrogen-bond acceptors (Lipinski definition) is 2. The van der Waals surface area contributed by atoms with Gasteiger partial charge in [-0.2, -0.15) is 0 Å². The predicted molar refractivity (Wildman–Crippen MR) is 141 cm³/mol. The molecule has 5 aromatic carbocycles. The van der Waals surface area contributed by atoms with Crippen LogP contribution in [0.25, 0.3) is 21.9 Å². The Morgan fingerprint density at radius 2 is 1.27 bits per heavy atom. The van der Waals surface area contributed by atoms with E-state index < -0.39 is 0 Å². The zero-order valence-electron chi connectivity index (χ0n) is 18.8. The van der Waals surface area contributed by atoms with Crippen molar-refractivity contribution in [2.75, 3.05) is 12.4 Å². The molecule has 1 unspecified atom stereocenters. The first-order valence-electron chi connectivity index (χ1n) is 11.4. The summed E-state index contributed by atoms with van der Waals surface area (Å²) >= 11 is 0. The molecule has 0 aliphatic rings. The highest BCUT2D eigenvalue weighted by molar-refractivity contribution is 6.00. The van der Waals surface area contributed by atoms with Gasteiger partial charge < -0.3 is 11.1 Å². The lowest BCUT2D eigenvalue weighted by Gasteiger charge is -2.24. The average molecular weight is 429 g/mol. The quantitative estimate of drug-likeness (QED) is 0.281. The van der Waals surface area contributed by atoms with E-state index >= 15 is 0 Å². The third kappa shape index (κ3) is 3.90. The second-order valence-electron chi connectivity index (χ2n) is 8.29. The van der Waals surface area contributed by atoms with Gasteiger partial charge in [0.15, 0.2) is 0 Å². The largest absolute Gasteiger partial charge is 0.388 e. The van der Waals surface area contributed by atoms with Crippen molar-refractivity contribution in [2.24, 2.45) is 5.73 Å². The molecule has 33 heavy (non-hydrogen) atoms. The molecule has 0 aromatic heterocycles. The molecule has 162 valence electrons. The van der Waals surface area contributed by atoms with Crippen LogP contribution in [0, 0.1) is 0 Å². The lowest BCUT2D eigenvalue weighted by atomic mass is 9.80. The van der Waals surface area contributed by atoms with E-state index in [1.807, 2.05) is 7.05 Å². The summed E-state index contributed by atoms with van der Waals surface area (Å²) in [5.41, 5.74) is 14.7. The van der Waals surface area contributed by atoms with Gasteiger partial charge in [0, 0.05) is 25.2 Å². The Hall–Kier alpha value is -3.88. The summed E-state index contributed by atoms with van der Waals surface area (Å²) < 4.78 is 0. The number of benzene rings is 5. The monoisotopic (exact) mass is 428 g/mol. The van der Waals surface area contributed by atoms with E-state index in [4.69, 9.17) is 5.73 Å². The molecule has 0 bridgehead atoms. The van der Waals surface area contributed by atoms with Crippen LogP contribution in [0.3, 0.4) is 0 Å². The standard InChI is InChI=1S/C31H28N2/c1-33-30-18-10-9-17-29(30)31(22-11-3-2-4-12-22)28-20-19-27(25-15-7-8-16-26(25)28)24-14-6-5-13-23(24)21-32/h2-20,31,33H,21,32H2,1H3. The van der Waals surface area contributed by atoms with Crippen molar-refractivity contribution in [2.45, 2.75) is 12.5 Å². The van der Waals surface area contributed by atoms with Gasteiger partial charge in [-0.1, -0.05) is 109 Å². The van der Waals surface area contributed by atoms with Crippen molar-refractivity contribution >= 4 is 16.5 Å². The first kappa shape index (κ1) is 21.0. The van der Waals surface area contributed by atoms with Gasteiger partial charge in [-0.3, -0.25) is 0 Å². The molecule has 0 amide bonds. The van der Waals surface area contributed by atoms with Crippen molar-refractivity contribution < 1.29 is 0 Å². The van der Waals surface area contributed by atoms with Gasteiger partial charge in [-0.05, 0) is 50.2 Å². The highest BCUT2D eigenvalue weighted by Gasteiger charge is 2.22. The van der Waals surface area contributed by atoms with Gasteiger partial charge in [0.1, 0.15) is 0 Å². The molecule has 2 nitrogen and oxygen atoms in total. The van der Waals surface area contributed by atoms with Gasteiger partial charge in [-0.25, -0.2) is 0 Å². The van der Waals surface area contributed by atoms with Crippen LogP contribution in [0.15, 0.2) is 115 Å². The minimum absolute atomic E-state index is 0.110. The van der Waals surface area contributed by atoms with Gasteiger partial charge in [-0.15, -0.1) is 0 Å². The molecule has 0 fully saturated rings. The van der Waals surface area contributed by atoms with Crippen molar-refractivity contribution in [1.29, 1.82) is 0 Å². The fraction of sp³-hybridized carbons (Fsp3) is 0.0968. The Bertz CT molecular complexity index is 1390. The van der Waals surface area contributed by atoms with E-state index in [0.717, 1.165) is 11.3 Å². The van der Waals surface area contributed by atoms with E-state index in [9.17, 15) is 0 Å². The third-order valence-corrected chi connectivity index (χ3v) is 6.47. The lowest BCUT2D eigenvalue weighted by Crippen LogP contribution is -2.07. The van der Waals surface area contributed by atoms with Crippen LogP contribution in [0.4, 0.5) is 5.69 Å². The van der Waals surface area contributed by atoms with Crippen LogP contribution < -0.4 is 11.1 Å². The number of rotatable bonds is 6. The predicted octanol–water partition coefficient (Wildman–Crippen LogP) is 7.19. The number of para-hydroxylation sites is 1. The Kier molecular flexibility index (Phi) is 5.93. The number of nitrogens with two attached hydrogens (primary N) is 1. The van der Waals surface area contributed by atoms with Crippen LogP contribution in [0.5, 0.6) is 0 Å². The van der Waals surface area contributed by atoms with Crippen LogP contribution in [-0.4, -0.2) is 7.05 Å². The molecular weight excluding hydrogens is 400 g/mol. The molecule has 1 atom stereocenters. The summed E-state index contributed by atoms with van der Waals surface area (Å²) in [5, 5.41) is 5.92. The molecule has 5 aromatic rings. The topological polar surface area (TPSA) is 38.0 Å². The highest BCUT2D eigenvalue weighted by Crippen LogP contribution is 2.41. The van der Waals surface area contributed by atoms with Crippen LogP contribution in [0.1, 0.15) is 28.2 Å². The minimum Gasteiger partial charge on any atom is -0.388 e. The summed E-state index contributed by atoms with van der Waals surface area (Å²) in [5.74, 6) is 0.110. The maximum atomic E-state index is 6.09. The maximum Gasteiger partial charge on any atom is 0.0379 e. The van der Waals surface area contributed by atoms with Gasteiger partial charge in [0.2, 0.25) is 0 Å². The van der Waals surface area contributed by atoms with Crippen molar-refractivity contribution in [3.63, 3.8) is 0 Å². The Balaban J connectivity index is 1.79. The van der Waals surface area contributed by atoms with E-state index in [0.29, 0.717) is 6.54 Å². The van der Waals surface area contributed by atoms with Gasteiger partial charge >= 0.3 is 0 Å². The first-order chi connectivity index (χ1) is 16.3. The maximum absolute atomic E-state index is 6.09. The summed E-state index contributed by atoms with van der Waals surface area (Å²) in [6, 6.07) is 41.1. The zero-order valence-corrected chi connectivity index (χ0v) is 18.8. The Morgan fingerprint density at radius 3 is 2.06 bits per heavy atom. The molecule has 0 heterocycles. The molecule has 3 N–H and O–H groups in total. The molecule has 0 saturated carbocycles. The third-order valence-electron chi connectivity index (χ3n) is 6.47. The number of fused-ring (bicyclic) bond motifs is 1. The Morgan fingerprint density at radius 1 is 0.606 bits per heavy atom. The molecule has 2 heteroatoms. The fourth-order valence-electron chi connectivity index (χ4n) is 4.92. The van der Waals surface area contributed by atoms with Crippen LogP contribution in [-0.2, 0) is 6.54 Å².